The van der Waals surface area contributed by atoms with Gasteiger partial charge in [0, 0.05) is 13.1 Å². The van der Waals surface area contributed by atoms with Crippen LogP contribution in [0.5, 0.6) is 0 Å². The quantitative estimate of drug-likeness (QED) is 0.635. The molecule has 0 radical (unpaired) electrons. The number of halogens is 1. The van der Waals surface area contributed by atoms with Gasteiger partial charge in [-0.05, 0) is 18.9 Å². The number of hydrogen-bond donors (Lipinski definition) is 0. The minimum absolute atomic E-state index is 0.0600. The summed E-state index contributed by atoms with van der Waals surface area (Å²) in [7, 11) is -1.60. The maximum absolute atomic E-state index is 12.5. The zero-order valence-electron chi connectivity index (χ0n) is 16.2. The van der Waals surface area contributed by atoms with E-state index in [1.165, 1.54) is 16.6 Å². The maximum atomic E-state index is 12.5. The number of amides is 1. The number of carbonyl (C=O) groups is 2. The third-order valence-corrected chi connectivity index (χ3v) is 7.06. The Morgan fingerprint density at radius 3 is 2.62 bits per heavy atom. The molecule has 156 valence electrons. The molecular formula is C19H22ClN3O5S. The predicted molar refractivity (Wildman–Crippen MR) is 108 cm³/mol. The molecule has 1 aliphatic heterocycles. The van der Waals surface area contributed by atoms with Crippen molar-refractivity contribution in [2.24, 2.45) is 0 Å². The molecule has 0 saturated carbocycles. The molecule has 1 aromatic carbocycles. The summed E-state index contributed by atoms with van der Waals surface area (Å²) in [6.45, 7) is 1.54. The Balaban J connectivity index is 1.63. The predicted octanol–water partition coefficient (Wildman–Crippen LogP) is 1.70. The summed E-state index contributed by atoms with van der Waals surface area (Å²) in [5.41, 5.74) is 1.49. The average molecular weight is 440 g/mol. The Labute approximate surface area is 174 Å². The molecule has 0 N–H and O–H groups in total. The molecule has 0 aliphatic carbocycles. The topological polar surface area (TPSA) is 98.6 Å². The standard InChI is InChI=1S/C19H22ClN3O5S/c1-13-17(18(20)23(21-13)10-14-6-4-3-5-7-14)19(25)28-11-16(24)22(2)15-8-9-29(26,27)12-15/h3-7,15H,8-12H2,1-2H3/t15-/m0/s1. The van der Waals surface area contributed by atoms with Crippen LogP contribution in [-0.2, 0) is 25.9 Å². The number of aryl methyl sites for hydroxylation is 1. The van der Waals surface area contributed by atoms with Gasteiger partial charge in [-0.3, -0.25) is 4.79 Å². The van der Waals surface area contributed by atoms with Gasteiger partial charge in [-0.25, -0.2) is 17.9 Å². The first-order valence-corrected chi connectivity index (χ1v) is 11.3. The number of rotatable bonds is 6. The summed E-state index contributed by atoms with van der Waals surface area (Å²) in [5, 5.41) is 4.43. The van der Waals surface area contributed by atoms with Gasteiger partial charge in [-0.1, -0.05) is 41.9 Å². The number of nitrogens with zero attached hydrogens (tertiary/aromatic N) is 3. The van der Waals surface area contributed by atoms with Gasteiger partial charge >= 0.3 is 5.97 Å². The number of ether oxygens (including phenoxy) is 1. The molecule has 1 aromatic heterocycles. The first kappa shape index (κ1) is 21.3. The van der Waals surface area contributed by atoms with Gasteiger partial charge in [-0.15, -0.1) is 0 Å². The van der Waals surface area contributed by atoms with Crippen molar-refractivity contribution in [1.29, 1.82) is 0 Å². The van der Waals surface area contributed by atoms with E-state index in [9.17, 15) is 18.0 Å². The van der Waals surface area contributed by atoms with Crippen LogP contribution in [0.15, 0.2) is 30.3 Å². The highest BCUT2D eigenvalue weighted by atomic mass is 35.5. The number of esters is 1. The number of benzene rings is 1. The van der Waals surface area contributed by atoms with Crippen LogP contribution >= 0.6 is 11.6 Å². The van der Waals surface area contributed by atoms with E-state index in [2.05, 4.69) is 5.10 Å². The molecule has 2 heterocycles. The molecule has 1 saturated heterocycles. The first-order chi connectivity index (χ1) is 13.7. The number of likely N-dealkylation sites (N-methyl/N-ethyl adjacent to an activating group) is 1. The fraction of sp³-hybridized carbons (Fsp3) is 0.421. The lowest BCUT2D eigenvalue weighted by Crippen LogP contribution is -2.40. The SMILES string of the molecule is Cc1nn(Cc2ccccc2)c(Cl)c1C(=O)OCC(=O)N(C)[C@H]1CCS(=O)(=O)C1. The molecule has 29 heavy (non-hydrogen) atoms. The molecule has 1 fully saturated rings. The molecule has 8 nitrogen and oxygen atoms in total. The second-order valence-corrected chi connectivity index (χ2v) is 9.62. The zero-order valence-corrected chi connectivity index (χ0v) is 17.7. The van der Waals surface area contributed by atoms with Crippen LogP contribution in [-0.4, -0.2) is 66.2 Å². The van der Waals surface area contributed by atoms with Gasteiger partial charge in [0.15, 0.2) is 16.4 Å². The summed E-state index contributed by atoms with van der Waals surface area (Å²) in [5.74, 6) is -1.22. The third kappa shape index (κ3) is 4.97. The zero-order chi connectivity index (χ0) is 21.2. The molecule has 0 bridgehead atoms. The normalized spacial score (nSPS) is 17.8. The molecule has 0 unspecified atom stereocenters. The van der Waals surface area contributed by atoms with E-state index >= 15 is 0 Å². The van der Waals surface area contributed by atoms with Crippen LogP contribution in [0.1, 0.15) is 28.0 Å². The Bertz CT molecular complexity index is 1020. The summed E-state index contributed by atoms with van der Waals surface area (Å²) < 4.78 is 29.8. The van der Waals surface area contributed by atoms with Crippen molar-refractivity contribution < 1.29 is 22.7 Å². The number of carbonyl (C=O) groups excluding carboxylic acids is 2. The summed E-state index contributed by atoms with van der Waals surface area (Å²) in [4.78, 5) is 26.1. The summed E-state index contributed by atoms with van der Waals surface area (Å²) >= 11 is 6.32. The third-order valence-electron chi connectivity index (χ3n) is 4.92. The van der Waals surface area contributed by atoms with Crippen molar-refractivity contribution in [2.75, 3.05) is 25.2 Å². The molecule has 0 spiro atoms. The second kappa shape index (κ2) is 8.54. The monoisotopic (exact) mass is 439 g/mol. The minimum atomic E-state index is -3.11. The Morgan fingerprint density at radius 2 is 2.00 bits per heavy atom. The van der Waals surface area contributed by atoms with E-state index in [1.807, 2.05) is 30.3 Å². The van der Waals surface area contributed by atoms with Crippen molar-refractivity contribution >= 4 is 33.3 Å². The lowest BCUT2D eigenvalue weighted by atomic mass is 10.2. The van der Waals surface area contributed by atoms with Gasteiger partial charge in [0.2, 0.25) is 0 Å². The summed E-state index contributed by atoms with van der Waals surface area (Å²) in [6.07, 6.45) is 0.385. The maximum Gasteiger partial charge on any atom is 0.343 e. The molecule has 10 heteroatoms. The highest BCUT2D eigenvalue weighted by Gasteiger charge is 2.33. The molecule has 2 aromatic rings. The van der Waals surface area contributed by atoms with Crippen LogP contribution < -0.4 is 0 Å². The van der Waals surface area contributed by atoms with Gasteiger partial charge in [-0.2, -0.15) is 5.10 Å². The van der Waals surface area contributed by atoms with Crippen molar-refractivity contribution in [3.63, 3.8) is 0 Å². The van der Waals surface area contributed by atoms with E-state index < -0.39 is 34.4 Å². The number of aromatic nitrogens is 2. The highest BCUT2D eigenvalue weighted by Crippen LogP contribution is 2.22. The van der Waals surface area contributed by atoms with E-state index in [4.69, 9.17) is 16.3 Å². The lowest BCUT2D eigenvalue weighted by molar-refractivity contribution is -0.134. The minimum Gasteiger partial charge on any atom is -0.452 e. The smallest absolute Gasteiger partial charge is 0.343 e. The van der Waals surface area contributed by atoms with Gasteiger partial charge in [0.1, 0.15) is 10.7 Å². The van der Waals surface area contributed by atoms with Gasteiger partial charge in [0.05, 0.1) is 23.7 Å². The van der Waals surface area contributed by atoms with Gasteiger partial charge in [0.25, 0.3) is 5.91 Å². The van der Waals surface area contributed by atoms with Crippen molar-refractivity contribution in [2.45, 2.75) is 25.9 Å². The van der Waals surface area contributed by atoms with Crippen LogP contribution in [0.3, 0.4) is 0 Å². The molecule has 1 atom stereocenters. The largest absolute Gasteiger partial charge is 0.452 e. The van der Waals surface area contributed by atoms with E-state index in [-0.39, 0.29) is 22.2 Å². The lowest BCUT2D eigenvalue weighted by Gasteiger charge is -2.23. The van der Waals surface area contributed by atoms with Crippen LogP contribution in [0, 0.1) is 6.92 Å². The van der Waals surface area contributed by atoms with Crippen LogP contribution in [0.4, 0.5) is 0 Å². The fourth-order valence-electron chi connectivity index (χ4n) is 3.23. The van der Waals surface area contributed by atoms with Crippen molar-refractivity contribution in [3.8, 4) is 0 Å². The van der Waals surface area contributed by atoms with E-state index in [0.29, 0.717) is 18.7 Å². The first-order valence-electron chi connectivity index (χ1n) is 9.08. The number of sulfone groups is 1. The van der Waals surface area contributed by atoms with Crippen molar-refractivity contribution in [3.05, 3.63) is 52.3 Å². The Hall–Kier alpha value is -2.39. The summed E-state index contributed by atoms with van der Waals surface area (Å²) in [6, 6.07) is 9.13. The highest BCUT2D eigenvalue weighted by molar-refractivity contribution is 7.91. The van der Waals surface area contributed by atoms with Gasteiger partial charge < -0.3 is 9.64 Å². The molecule has 1 aliphatic rings. The number of hydrogen-bond acceptors (Lipinski definition) is 6. The fourth-order valence-corrected chi connectivity index (χ4v) is 5.32. The average Bonchev–Trinajstić information content (AvgIpc) is 3.18. The van der Waals surface area contributed by atoms with E-state index in [1.54, 1.807) is 6.92 Å². The van der Waals surface area contributed by atoms with Crippen LogP contribution in [0.2, 0.25) is 5.15 Å². The molecule has 1 amide bonds. The van der Waals surface area contributed by atoms with Crippen LogP contribution in [0.25, 0.3) is 0 Å². The Kier molecular flexibility index (Phi) is 6.28. The van der Waals surface area contributed by atoms with Crippen molar-refractivity contribution in [1.82, 2.24) is 14.7 Å². The van der Waals surface area contributed by atoms with E-state index in [0.717, 1.165) is 5.56 Å². The second-order valence-electron chi connectivity index (χ2n) is 7.03. The molecular weight excluding hydrogens is 418 g/mol. The molecule has 3 rings (SSSR count). The Morgan fingerprint density at radius 1 is 1.31 bits per heavy atom.